The minimum atomic E-state index is 0.304. The summed E-state index contributed by atoms with van der Waals surface area (Å²) < 4.78 is 7.52. The quantitative estimate of drug-likeness (QED) is 0.576. The van der Waals surface area contributed by atoms with E-state index in [1.54, 1.807) is 0 Å². The fourth-order valence-corrected chi connectivity index (χ4v) is 2.76. The van der Waals surface area contributed by atoms with E-state index in [0.29, 0.717) is 12.0 Å². The van der Waals surface area contributed by atoms with Gasteiger partial charge in [0.1, 0.15) is 0 Å². The molecule has 0 saturated carbocycles. The van der Waals surface area contributed by atoms with E-state index in [1.165, 1.54) is 5.69 Å². The van der Waals surface area contributed by atoms with Crippen LogP contribution in [-0.2, 0) is 24.1 Å². The van der Waals surface area contributed by atoms with Crippen LogP contribution in [0.25, 0.3) is 0 Å². The Morgan fingerprint density at radius 1 is 1.58 bits per heavy atom. The van der Waals surface area contributed by atoms with E-state index in [1.807, 2.05) is 0 Å². The van der Waals surface area contributed by atoms with E-state index < -0.39 is 0 Å². The molecule has 1 aromatic heterocycles. The van der Waals surface area contributed by atoms with Crippen LogP contribution in [0.5, 0.6) is 0 Å². The maximum atomic E-state index is 5.71. The van der Waals surface area contributed by atoms with Crippen molar-refractivity contribution in [2.24, 2.45) is 11.8 Å². The first-order valence-corrected chi connectivity index (χ1v) is 7.36. The molecule has 0 aliphatic carbocycles. The van der Waals surface area contributed by atoms with E-state index >= 15 is 0 Å². The van der Waals surface area contributed by atoms with Crippen LogP contribution in [0.15, 0.2) is 6.07 Å². The van der Waals surface area contributed by atoms with Gasteiger partial charge in [0.2, 0.25) is 0 Å². The van der Waals surface area contributed by atoms with E-state index in [0.717, 1.165) is 51.1 Å². The van der Waals surface area contributed by atoms with Crippen molar-refractivity contribution in [3.63, 3.8) is 0 Å². The lowest BCUT2D eigenvalue weighted by atomic mass is 9.96. The van der Waals surface area contributed by atoms with Crippen molar-refractivity contribution in [2.75, 3.05) is 13.2 Å². The third-order valence-electron chi connectivity index (χ3n) is 3.91. The Hall–Kier alpha value is -0.910. The minimum absolute atomic E-state index is 0.304. The number of rotatable bonds is 7. The normalized spacial score (nSPS) is 20.9. The van der Waals surface area contributed by atoms with Crippen molar-refractivity contribution in [1.29, 1.82) is 0 Å². The number of hydrogen-bond acceptors (Lipinski definition) is 4. The second-order valence-corrected chi connectivity index (χ2v) is 5.33. The molecule has 5 heteroatoms. The van der Waals surface area contributed by atoms with E-state index in [2.05, 4.69) is 35.1 Å². The number of ether oxygens (including phenoxy) is 1. The molecule has 0 amide bonds. The molecule has 1 aliphatic heterocycles. The lowest BCUT2D eigenvalue weighted by molar-refractivity contribution is 0.181. The van der Waals surface area contributed by atoms with Crippen LogP contribution < -0.4 is 11.3 Å². The average molecular weight is 266 g/mol. The summed E-state index contributed by atoms with van der Waals surface area (Å²) in [6.45, 7) is 6.96. The SMILES string of the molecule is CCc1cc(CC(CC2CCOC2)NN)n(CC)n1. The van der Waals surface area contributed by atoms with Crippen molar-refractivity contribution < 1.29 is 4.74 Å². The highest BCUT2D eigenvalue weighted by Gasteiger charge is 2.21. The van der Waals surface area contributed by atoms with Gasteiger partial charge in [0.15, 0.2) is 0 Å². The summed E-state index contributed by atoms with van der Waals surface area (Å²) in [4.78, 5) is 0. The highest BCUT2D eigenvalue weighted by molar-refractivity contribution is 5.12. The molecule has 2 unspecified atom stereocenters. The number of hydrogen-bond donors (Lipinski definition) is 2. The van der Waals surface area contributed by atoms with Gasteiger partial charge in [0, 0.05) is 37.9 Å². The molecule has 0 bridgehead atoms. The zero-order chi connectivity index (χ0) is 13.7. The molecule has 1 aromatic rings. The summed E-state index contributed by atoms with van der Waals surface area (Å²) in [6.07, 6.45) is 4.16. The Morgan fingerprint density at radius 2 is 2.42 bits per heavy atom. The average Bonchev–Trinajstić information content (AvgIpc) is 3.06. The first kappa shape index (κ1) is 14.5. The van der Waals surface area contributed by atoms with Crippen LogP contribution in [-0.4, -0.2) is 29.0 Å². The van der Waals surface area contributed by atoms with E-state index in [-0.39, 0.29) is 0 Å². The molecule has 0 spiro atoms. The summed E-state index contributed by atoms with van der Waals surface area (Å²) in [7, 11) is 0. The van der Waals surface area contributed by atoms with Crippen LogP contribution in [0.3, 0.4) is 0 Å². The van der Waals surface area contributed by atoms with Gasteiger partial charge in [-0.05, 0) is 38.2 Å². The summed E-state index contributed by atoms with van der Waals surface area (Å²) in [5.41, 5.74) is 5.40. The highest BCUT2D eigenvalue weighted by atomic mass is 16.5. The van der Waals surface area contributed by atoms with E-state index in [4.69, 9.17) is 10.6 Å². The van der Waals surface area contributed by atoms with Crippen molar-refractivity contribution in [2.45, 2.75) is 52.1 Å². The monoisotopic (exact) mass is 266 g/mol. The summed E-state index contributed by atoms with van der Waals surface area (Å²) in [5.74, 6) is 6.35. The third kappa shape index (κ3) is 3.78. The summed E-state index contributed by atoms with van der Waals surface area (Å²) in [6, 6.07) is 2.51. The predicted octanol–water partition coefficient (Wildman–Crippen LogP) is 1.27. The van der Waals surface area contributed by atoms with Crippen LogP contribution in [0, 0.1) is 5.92 Å². The van der Waals surface area contributed by atoms with Crippen molar-refractivity contribution in [1.82, 2.24) is 15.2 Å². The molecule has 1 fully saturated rings. The fourth-order valence-electron chi connectivity index (χ4n) is 2.76. The van der Waals surface area contributed by atoms with Gasteiger partial charge in [-0.25, -0.2) is 0 Å². The number of hydrazine groups is 1. The lowest BCUT2D eigenvalue weighted by Gasteiger charge is -2.19. The second kappa shape index (κ2) is 7.03. The molecule has 19 heavy (non-hydrogen) atoms. The fraction of sp³-hybridized carbons (Fsp3) is 0.786. The number of aromatic nitrogens is 2. The second-order valence-electron chi connectivity index (χ2n) is 5.33. The van der Waals surface area contributed by atoms with E-state index in [9.17, 15) is 0 Å². The smallest absolute Gasteiger partial charge is 0.0624 e. The molecule has 1 saturated heterocycles. The number of nitrogens with zero attached hydrogens (tertiary/aromatic N) is 2. The van der Waals surface area contributed by atoms with Crippen LogP contribution in [0.4, 0.5) is 0 Å². The van der Waals surface area contributed by atoms with Crippen LogP contribution >= 0.6 is 0 Å². The molecule has 108 valence electrons. The maximum absolute atomic E-state index is 5.71. The molecule has 2 heterocycles. The van der Waals surface area contributed by atoms with Gasteiger partial charge in [-0.15, -0.1) is 0 Å². The highest BCUT2D eigenvalue weighted by Crippen LogP contribution is 2.20. The molecule has 2 rings (SSSR count). The van der Waals surface area contributed by atoms with Crippen molar-refractivity contribution in [3.05, 3.63) is 17.5 Å². The molecule has 0 aromatic carbocycles. The minimum Gasteiger partial charge on any atom is -0.381 e. The molecule has 2 atom stereocenters. The standard InChI is InChI=1S/C14H26N4O/c1-3-12-8-14(18(4-2)17-12)9-13(16-15)7-11-5-6-19-10-11/h8,11,13,16H,3-7,9-10,15H2,1-2H3. The zero-order valence-electron chi connectivity index (χ0n) is 12.1. The summed E-state index contributed by atoms with van der Waals surface area (Å²) in [5, 5.41) is 4.59. The number of nitrogens with two attached hydrogens (primary N) is 1. The molecule has 0 radical (unpaired) electrons. The Labute approximate surface area is 115 Å². The first-order chi connectivity index (χ1) is 9.26. The predicted molar refractivity (Wildman–Crippen MR) is 75.6 cm³/mol. The van der Waals surface area contributed by atoms with Crippen LogP contribution in [0.1, 0.15) is 38.1 Å². The number of aryl methyl sites for hydroxylation is 2. The van der Waals surface area contributed by atoms with Crippen LogP contribution in [0.2, 0.25) is 0 Å². The summed E-state index contributed by atoms with van der Waals surface area (Å²) >= 11 is 0. The Balaban J connectivity index is 1.98. The zero-order valence-corrected chi connectivity index (χ0v) is 12.1. The van der Waals surface area contributed by atoms with Gasteiger partial charge in [-0.1, -0.05) is 6.92 Å². The van der Waals surface area contributed by atoms with Crippen molar-refractivity contribution in [3.8, 4) is 0 Å². The molecule has 3 N–H and O–H groups in total. The molecule has 5 nitrogen and oxygen atoms in total. The molecule has 1 aliphatic rings. The number of nitrogens with one attached hydrogen (secondary N) is 1. The molecular weight excluding hydrogens is 240 g/mol. The van der Waals surface area contributed by atoms with Gasteiger partial charge in [-0.3, -0.25) is 16.0 Å². The molecular formula is C14H26N4O. The van der Waals surface area contributed by atoms with Gasteiger partial charge in [0.05, 0.1) is 5.69 Å². The Bertz CT molecular complexity index is 385. The lowest BCUT2D eigenvalue weighted by Crippen LogP contribution is -2.38. The maximum Gasteiger partial charge on any atom is 0.0624 e. The van der Waals surface area contributed by atoms with Gasteiger partial charge in [-0.2, -0.15) is 5.10 Å². The van der Waals surface area contributed by atoms with Gasteiger partial charge >= 0.3 is 0 Å². The largest absolute Gasteiger partial charge is 0.381 e. The topological polar surface area (TPSA) is 65.1 Å². The van der Waals surface area contributed by atoms with Gasteiger partial charge < -0.3 is 4.74 Å². The van der Waals surface area contributed by atoms with Gasteiger partial charge in [0.25, 0.3) is 0 Å². The Kier molecular flexibility index (Phi) is 5.36. The third-order valence-corrected chi connectivity index (χ3v) is 3.91. The van der Waals surface area contributed by atoms with Crippen molar-refractivity contribution >= 4 is 0 Å². The Morgan fingerprint density at radius 3 is 3.00 bits per heavy atom. The first-order valence-electron chi connectivity index (χ1n) is 7.36.